The molecule has 0 spiro atoms. The highest BCUT2D eigenvalue weighted by atomic mass is 32.2. The van der Waals surface area contributed by atoms with Gasteiger partial charge in [-0.1, -0.05) is 23.9 Å². The van der Waals surface area contributed by atoms with Gasteiger partial charge in [0, 0.05) is 24.4 Å². The van der Waals surface area contributed by atoms with Gasteiger partial charge in [0.05, 0.1) is 7.11 Å². The van der Waals surface area contributed by atoms with E-state index in [1.807, 2.05) is 44.4 Å². The molecule has 0 aliphatic heterocycles. The first-order chi connectivity index (χ1) is 12.0. The SMILES string of the molecule is COc1ccc(CCNC(=O)CCc2c(C)nc(SC)nc2C)cc1. The van der Waals surface area contributed by atoms with Gasteiger partial charge in [-0.15, -0.1) is 0 Å². The van der Waals surface area contributed by atoms with Crippen molar-refractivity contribution < 1.29 is 9.53 Å². The zero-order chi connectivity index (χ0) is 18.2. The standard InChI is InChI=1S/C19H25N3O2S/c1-13-17(14(2)22-19(21-13)25-4)9-10-18(23)20-12-11-15-5-7-16(24-3)8-6-15/h5-8H,9-12H2,1-4H3,(H,20,23). The fourth-order valence-corrected chi connectivity index (χ4v) is 3.08. The monoisotopic (exact) mass is 359 g/mol. The molecule has 0 saturated heterocycles. The number of hydrogen-bond donors (Lipinski definition) is 1. The van der Waals surface area contributed by atoms with Crippen LogP contribution in [-0.4, -0.2) is 35.8 Å². The number of thioether (sulfide) groups is 1. The highest BCUT2D eigenvalue weighted by molar-refractivity contribution is 7.98. The molecule has 0 aliphatic carbocycles. The van der Waals surface area contributed by atoms with Crippen molar-refractivity contribution in [3.63, 3.8) is 0 Å². The van der Waals surface area contributed by atoms with Crippen molar-refractivity contribution in [1.29, 1.82) is 0 Å². The fourth-order valence-electron chi connectivity index (χ4n) is 2.63. The van der Waals surface area contributed by atoms with Crippen LogP contribution in [-0.2, 0) is 17.6 Å². The number of amides is 1. The van der Waals surface area contributed by atoms with E-state index in [-0.39, 0.29) is 5.91 Å². The topological polar surface area (TPSA) is 64.1 Å². The van der Waals surface area contributed by atoms with Crippen LogP contribution in [0.15, 0.2) is 29.4 Å². The smallest absolute Gasteiger partial charge is 0.220 e. The molecule has 1 heterocycles. The lowest BCUT2D eigenvalue weighted by Crippen LogP contribution is -2.26. The molecular formula is C19H25N3O2S. The summed E-state index contributed by atoms with van der Waals surface area (Å²) in [4.78, 5) is 21.0. The minimum Gasteiger partial charge on any atom is -0.497 e. The van der Waals surface area contributed by atoms with Crippen LogP contribution in [0.4, 0.5) is 0 Å². The van der Waals surface area contributed by atoms with Gasteiger partial charge in [-0.05, 0) is 56.2 Å². The van der Waals surface area contributed by atoms with Gasteiger partial charge >= 0.3 is 0 Å². The molecule has 0 saturated carbocycles. The third-order valence-corrected chi connectivity index (χ3v) is 4.63. The van der Waals surface area contributed by atoms with Crippen LogP contribution >= 0.6 is 11.8 Å². The predicted octanol–water partition coefficient (Wildman–Crippen LogP) is 3.12. The Hall–Kier alpha value is -2.08. The van der Waals surface area contributed by atoms with E-state index in [2.05, 4.69) is 15.3 Å². The quantitative estimate of drug-likeness (QED) is 0.579. The second-order valence-electron chi connectivity index (χ2n) is 5.81. The number of aromatic nitrogens is 2. The van der Waals surface area contributed by atoms with E-state index >= 15 is 0 Å². The van der Waals surface area contributed by atoms with Crippen LogP contribution in [0.3, 0.4) is 0 Å². The highest BCUT2D eigenvalue weighted by Gasteiger charge is 2.10. The summed E-state index contributed by atoms with van der Waals surface area (Å²) in [5.74, 6) is 0.898. The van der Waals surface area contributed by atoms with Crippen molar-refractivity contribution in [3.8, 4) is 5.75 Å². The van der Waals surface area contributed by atoms with Gasteiger partial charge in [-0.2, -0.15) is 0 Å². The molecule has 1 aromatic heterocycles. The molecule has 2 rings (SSSR count). The Morgan fingerprint density at radius 1 is 1.12 bits per heavy atom. The molecule has 0 aliphatic rings. The first-order valence-corrected chi connectivity index (χ1v) is 9.53. The summed E-state index contributed by atoms with van der Waals surface area (Å²) in [6.07, 6.45) is 3.89. The molecule has 1 aromatic carbocycles. The van der Waals surface area contributed by atoms with Crippen molar-refractivity contribution in [2.75, 3.05) is 19.9 Å². The Bertz CT molecular complexity index is 694. The van der Waals surface area contributed by atoms with E-state index in [9.17, 15) is 4.79 Å². The average Bonchev–Trinajstić information content (AvgIpc) is 2.61. The Morgan fingerprint density at radius 3 is 2.32 bits per heavy atom. The molecule has 0 radical (unpaired) electrons. The van der Waals surface area contributed by atoms with Crippen LogP contribution < -0.4 is 10.1 Å². The second-order valence-corrected chi connectivity index (χ2v) is 6.58. The Labute approximate surface area is 153 Å². The van der Waals surface area contributed by atoms with Crippen LogP contribution in [0.1, 0.15) is 28.9 Å². The largest absolute Gasteiger partial charge is 0.497 e. The molecule has 1 N–H and O–H groups in total. The molecular weight excluding hydrogens is 334 g/mol. The maximum absolute atomic E-state index is 12.1. The molecule has 134 valence electrons. The number of carbonyl (C=O) groups excluding carboxylic acids is 1. The summed E-state index contributed by atoms with van der Waals surface area (Å²) in [5.41, 5.74) is 4.17. The first kappa shape index (κ1) is 19.2. The minimum atomic E-state index is 0.0567. The van der Waals surface area contributed by atoms with E-state index in [1.54, 1.807) is 7.11 Å². The zero-order valence-corrected chi connectivity index (χ0v) is 16.1. The number of ether oxygens (including phenoxy) is 1. The summed E-state index contributed by atoms with van der Waals surface area (Å²) in [6.45, 7) is 4.58. The molecule has 2 aromatic rings. The molecule has 0 bridgehead atoms. The van der Waals surface area contributed by atoms with Crippen molar-refractivity contribution in [2.24, 2.45) is 0 Å². The van der Waals surface area contributed by atoms with Crippen molar-refractivity contribution in [1.82, 2.24) is 15.3 Å². The third kappa shape index (κ3) is 5.74. The Balaban J connectivity index is 1.79. The maximum atomic E-state index is 12.1. The fraction of sp³-hybridized carbons (Fsp3) is 0.421. The second kappa shape index (κ2) is 9.42. The summed E-state index contributed by atoms with van der Waals surface area (Å²) < 4.78 is 5.14. The summed E-state index contributed by atoms with van der Waals surface area (Å²) in [7, 11) is 1.65. The van der Waals surface area contributed by atoms with Crippen molar-refractivity contribution in [3.05, 3.63) is 46.8 Å². The first-order valence-electron chi connectivity index (χ1n) is 8.31. The summed E-state index contributed by atoms with van der Waals surface area (Å²) in [5, 5.41) is 3.76. The van der Waals surface area contributed by atoms with Gasteiger partial charge < -0.3 is 10.1 Å². The lowest BCUT2D eigenvalue weighted by molar-refractivity contribution is -0.121. The van der Waals surface area contributed by atoms with Crippen molar-refractivity contribution >= 4 is 17.7 Å². The summed E-state index contributed by atoms with van der Waals surface area (Å²) in [6, 6.07) is 7.90. The summed E-state index contributed by atoms with van der Waals surface area (Å²) >= 11 is 1.53. The number of nitrogens with one attached hydrogen (secondary N) is 1. The average molecular weight is 359 g/mol. The van der Waals surface area contributed by atoms with Gasteiger partial charge in [-0.25, -0.2) is 9.97 Å². The van der Waals surface area contributed by atoms with Gasteiger partial charge in [0.15, 0.2) is 5.16 Å². The van der Waals surface area contributed by atoms with E-state index in [0.717, 1.165) is 34.3 Å². The maximum Gasteiger partial charge on any atom is 0.220 e. The number of carbonyl (C=O) groups is 1. The third-order valence-electron chi connectivity index (χ3n) is 4.08. The lowest BCUT2D eigenvalue weighted by atomic mass is 10.1. The van der Waals surface area contributed by atoms with E-state index < -0.39 is 0 Å². The van der Waals surface area contributed by atoms with E-state index in [0.29, 0.717) is 19.4 Å². The molecule has 0 unspecified atom stereocenters. The molecule has 6 heteroatoms. The van der Waals surface area contributed by atoms with Crippen LogP contribution in [0, 0.1) is 13.8 Å². The van der Waals surface area contributed by atoms with Crippen LogP contribution in [0.2, 0.25) is 0 Å². The Morgan fingerprint density at radius 2 is 1.76 bits per heavy atom. The predicted molar refractivity (Wildman–Crippen MR) is 101 cm³/mol. The van der Waals surface area contributed by atoms with Crippen LogP contribution in [0.5, 0.6) is 5.75 Å². The molecule has 5 nitrogen and oxygen atoms in total. The number of hydrogen-bond acceptors (Lipinski definition) is 5. The Kier molecular flexibility index (Phi) is 7.25. The van der Waals surface area contributed by atoms with Gasteiger partial charge in [0.25, 0.3) is 0 Å². The normalized spacial score (nSPS) is 10.6. The van der Waals surface area contributed by atoms with E-state index in [4.69, 9.17) is 4.74 Å². The number of methoxy groups -OCH3 is 1. The van der Waals surface area contributed by atoms with Crippen LogP contribution in [0.25, 0.3) is 0 Å². The number of benzene rings is 1. The number of nitrogens with zero attached hydrogens (tertiary/aromatic N) is 2. The lowest BCUT2D eigenvalue weighted by Gasteiger charge is -2.10. The van der Waals surface area contributed by atoms with Gasteiger partial charge in [0.1, 0.15) is 5.75 Å². The van der Waals surface area contributed by atoms with E-state index in [1.165, 1.54) is 17.3 Å². The van der Waals surface area contributed by atoms with Gasteiger partial charge in [-0.3, -0.25) is 4.79 Å². The molecule has 1 amide bonds. The van der Waals surface area contributed by atoms with Gasteiger partial charge in [0.2, 0.25) is 5.91 Å². The molecule has 0 fully saturated rings. The highest BCUT2D eigenvalue weighted by Crippen LogP contribution is 2.17. The number of rotatable bonds is 8. The zero-order valence-electron chi connectivity index (χ0n) is 15.3. The molecule has 0 atom stereocenters. The molecule has 25 heavy (non-hydrogen) atoms. The van der Waals surface area contributed by atoms with Crippen molar-refractivity contribution in [2.45, 2.75) is 38.3 Å². The number of aryl methyl sites for hydroxylation is 2. The minimum absolute atomic E-state index is 0.0567.